The lowest BCUT2D eigenvalue weighted by molar-refractivity contribution is -0.524. The van der Waals surface area contributed by atoms with Gasteiger partial charge < -0.3 is 0 Å². The van der Waals surface area contributed by atoms with Crippen LogP contribution in [0.15, 0.2) is 0 Å². The second-order valence-corrected chi connectivity index (χ2v) is 6.92. The smallest absolute Gasteiger partial charge is 0.213 e. The molecule has 1 aliphatic carbocycles. The first kappa shape index (κ1) is 16.8. The second kappa shape index (κ2) is 10.5. The van der Waals surface area contributed by atoms with Crippen LogP contribution in [-0.2, 0) is 0 Å². The molecule has 112 valence electrons. The number of nitrogens with zero attached hydrogens (tertiary/aromatic N) is 1. The van der Waals surface area contributed by atoms with Gasteiger partial charge in [-0.3, -0.25) is 10.1 Å². The second-order valence-electron chi connectivity index (χ2n) is 5.78. The molecular formula is C15H29NO2S. The zero-order valence-electron chi connectivity index (χ0n) is 12.3. The molecule has 0 heterocycles. The van der Waals surface area contributed by atoms with Gasteiger partial charge in [-0.15, -0.1) is 0 Å². The molecule has 0 bridgehead atoms. The van der Waals surface area contributed by atoms with E-state index < -0.39 is 0 Å². The first-order chi connectivity index (χ1) is 9.24. The van der Waals surface area contributed by atoms with Crippen molar-refractivity contribution in [1.29, 1.82) is 0 Å². The lowest BCUT2D eigenvalue weighted by atomic mass is 9.98. The molecule has 1 aliphatic rings. The zero-order valence-corrected chi connectivity index (χ0v) is 13.1. The Morgan fingerprint density at radius 1 is 0.842 bits per heavy atom. The Morgan fingerprint density at radius 2 is 1.32 bits per heavy atom. The summed E-state index contributed by atoms with van der Waals surface area (Å²) < 4.78 is 0. The normalized spacial score (nSPS) is 28.5. The van der Waals surface area contributed by atoms with E-state index in [4.69, 9.17) is 0 Å². The van der Waals surface area contributed by atoms with E-state index in [1.54, 1.807) is 0 Å². The van der Waals surface area contributed by atoms with Crippen molar-refractivity contribution in [2.45, 2.75) is 88.3 Å². The molecule has 1 rings (SSSR count). The highest BCUT2D eigenvalue weighted by molar-refractivity contribution is 7.99. The van der Waals surface area contributed by atoms with Crippen LogP contribution >= 0.6 is 11.8 Å². The van der Waals surface area contributed by atoms with E-state index >= 15 is 0 Å². The first-order valence-electron chi connectivity index (χ1n) is 7.90. The summed E-state index contributed by atoms with van der Waals surface area (Å²) >= 11 is 1.95. The number of hydrogen-bond donors (Lipinski definition) is 0. The maximum absolute atomic E-state index is 11.0. The van der Waals surface area contributed by atoms with Crippen LogP contribution in [0.4, 0.5) is 0 Å². The van der Waals surface area contributed by atoms with Gasteiger partial charge in [0.05, 0.1) is 0 Å². The monoisotopic (exact) mass is 287 g/mol. The van der Waals surface area contributed by atoms with Crippen LogP contribution in [0.5, 0.6) is 0 Å². The molecule has 3 nitrogen and oxygen atoms in total. The minimum absolute atomic E-state index is 0.0417. The van der Waals surface area contributed by atoms with E-state index in [1.165, 1.54) is 44.9 Å². The molecule has 0 spiro atoms. The lowest BCUT2D eigenvalue weighted by Gasteiger charge is -2.16. The third kappa shape index (κ3) is 7.81. The molecule has 0 aromatic rings. The molecule has 0 N–H and O–H groups in total. The van der Waals surface area contributed by atoms with E-state index in [2.05, 4.69) is 6.26 Å². The molecule has 2 unspecified atom stereocenters. The highest BCUT2D eigenvalue weighted by Gasteiger charge is 2.20. The van der Waals surface area contributed by atoms with Gasteiger partial charge in [0, 0.05) is 23.0 Å². The highest BCUT2D eigenvalue weighted by atomic mass is 32.2. The summed E-state index contributed by atoms with van der Waals surface area (Å²) in [5.41, 5.74) is 0. The topological polar surface area (TPSA) is 43.1 Å². The Labute approximate surface area is 122 Å². The van der Waals surface area contributed by atoms with Gasteiger partial charge in [-0.05, 0) is 31.9 Å². The van der Waals surface area contributed by atoms with Gasteiger partial charge in [0.25, 0.3) is 0 Å². The molecule has 0 saturated heterocycles. The van der Waals surface area contributed by atoms with Gasteiger partial charge in [-0.25, -0.2) is 0 Å². The molecule has 0 aromatic heterocycles. The minimum Gasteiger partial charge on any atom is -0.264 e. The molecule has 4 heteroatoms. The summed E-state index contributed by atoms with van der Waals surface area (Å²) in [5.74, 6) is 0. The van der Waals surface area contributed by atoms with Crippen LogP contribution in [-0.4, -0.2) is 22.5 Å². The SMILES string of the molecule is CSC1CCCCCCCCCC([N+](=O)[O-])CCC1. The summed E-state index contributed by atoms with van der Waals surface area (Å²) in [7, 11) is 0. The van der Waals surface area contributed by atoms with Crippen LogP contribution in [0.1, 0.15) is 77.0 Å². The van der Waals surface area contributed by atoms with Crippen LogP contribution in [0.3, 0.4) is 0 Å². The number of thioether (sulfide) groups is 1. The Hall–Kier alpha value is -0.250. The number of nitro groups is 1. The molecule has 2 atom stereocenters. The summed E-state index contributed by atoms with van der Waals surface area (Å²) in [6.07, 6.45) is 16.1. The fourth-order valence-corrected chi connectivity index (χ4v) is 3.76. The Kier molecular flexibility index (Phi) is 9.31. The van der Waals surface area contributed by atoms with E-state index in [0.717, 1.165) is 37.4 Å². The van der Waals surface area contributed by atoms with Gasteiger partial charge in [-0.1, -0.05) is 38.5 Å². The van der Waals surface area contributed by atoms with Crippen molar-refractivity contribution >= 4 is 11.8 Å². The Balaban J connectivity index is 2.40. The van der Waals surface area contributed by atoms with Gasteiger partial charge in [0.1, 0.15) is 0 Å². The number of hydrogen-bond acceptors (Lipinski definition) is 3. The molecule has 1 saturated carbocycles. The van der Waals surface area contributed by atoms with Crippen molar-refractivity contribution in [3.63, 3.8) is 0 Å². The van der Waals surface area contributed by atoms with Crippen molar-refractivity contribution in [1.82, 2.24) is 0 Å². The van der Waals surface area contributed by atoms with Crippen molar-refractivity contribution in [2.75, 3.05) is 6.26 Å². The van der Waals surface area contributed by atoms with Crippen LogP contribution in [0.2, 0.25) is 0 Å². The standard InChI is InChI=1S/C15H29NO2S/c1-19-15-12-8-6-4-2-3-5-7-10-14(16(17)18)11-9-13-15/h14-15H,2-13H2,1H3. The molecular weight excluding hydrogens is 258 g/mol. The van der Waals surface area contributed by atoms with Crippen molar-refractivity contribution in [3.05, 3.63) is 10.1 Å². The van der Waals surface area contributed by atoms with Gasteiger partial charge in [-0.2, -0.15) is 11.8 Å². The lowest BCUT2D eigenvalue weighted by Crippen LogP contribution is -2.20. The molecule has 0 amide bonds. The van der Waals surface area contributed by atoms with Crippen molar-refractivity contribution in [3.8, 4) is 0 Å². The Morgan fingerprint density at radius 3 is 1.89 bits per heavy atom. The fraction of sp³-hybridized carbons (Fsp3) is 1.00. The average Bonchev–Trinajstić information content (AvgIpc) is 2.40. The van der Waals surface area contributed by atoms with Crippen LogP contribution in [0, 0.1) is 10.1 Å². The summed E-state index contributed by atoms with van der Waals surface area (Å²) in [6.45, 7) is 0. The largest absolute Gasteiger partial charge is 0.264 e. The first-order valence-corrected chi connectivity index (χ1v) is 9.19. The van der Waals surface area contributed by atoms with Gasteiger partial charge in [0.15, 0.2) is 0 Å². The molecule has 0 aliphatic heterocycles. The third-order valence-corrected chi connectivity index (χ3v) is 5.40. The fourth-order valence-electron chi connectivity index (χ4n) is 2.95. The van der Waals surface area contributed by atoms with E-state index in [1.807, 2.05) is 11.8 Å². The molecule has 1 fully saturated rings. The summed E-state index contributed by atoms with van der Waals surface area (Å²) in [5, 5.41) is 11.8. The predicted octanol–water partition coefficient (Wildman–Crippen LogP) is 5.06. The van der Waals surface area contributed by atoms with Crippen molar-refractivity contribution in [2.24, 2.45) is 0 Å². The third-order valence-electron chi connectivity index (χ3n) is 4.26. The van der Waals surface area contributed by atoms with Gasteiger partial charge in [0.2, 0.25) is 6.04 Å². The maximum atomic E-state index is 11.0. The number of rotatable bonds is 2. The van der Waals surface area contributed by atoms with E-state index in [0.29, 0.717) is 0 Å². The average molecular weight is 287 g/mol. The quantitative estimate of drug-likeness (QED) is 0.526. The van der Waals surface area contributed by atoms with Crippen LogP contribution in [0.25, 0.3) is 0 Å². The maximum Gasteiger partial charge on any atom is 0.213 e. The van der Waals surface area contributed by atoms with Crippen molar-refractivity contribution < 1.29 is 4.92 Å². The minimum atomic E-state index is -0.287. The summed E-state index contributed by atoms with van der Waals surface area (Å²) in [6, 6.07) is -0.287. The summed E-state index contributed by atoms with van der Waals surface area (Å²) in [4.78, 5) is 11.0. The van der Waals surface area contributed by atoms with E-state index in [-0.39, 0.29) is 11.0 Å². The van der Waals surface area contributed by atoms with E-state index in [9.17, 15) is 10.1 Å². The molecule has 0 radical (unpaired) electrons. The zero-order chi connectivity index (χ0) is 13.9. The molecule has 0 aromatic carbocycles. The highest BCUT2D eigenvalue weighted by Crippen LogP contribution is 2.24. The molecule has 19 heavy (non-hydrogen) atoms. The Bertz CT molecular complexity index is 248. The van der Waals surface area contributed by atoms with Gasteiger partial charge >= 0.3 is 0 Å². The predicted molar refractivity (Wildman–Crippen MR) is 83.5 cm³/mol. The van der Waals surface area contributed by atoms with Crippen LogP contribution < -0.4 is 0 Å².